The molecule has 1 aliphatic heterocycles. The highest BCUT2D eigenvalue weighted by molar-refractivity contribution is 7.21. The van der Waals surface area contributed by atoms with E-state index >= 15 is 0 Å². The van der Waals surface area contributed by atoms with Gasteiger partial charge in [-0.15, -0.1) is 11.3 Å². The average molecular weight is 446 g/mol. The van der Waals surface area contributed by atoms with Gasteiger partial charge in [0.1, 0.15) is 9.71 Å². The Morgan fingerprint density at radius 3 is 2.69 bits per heavy atom. The molecule has 7 heteroatoms. The highest BCUT2D eigenvalue weighted by Gasteiger charge is 2.18. The van der Waals surface area contributed by atoms with E-state index in [-0.39, 0.29) is 5.91 Å². The molecule has 1 amide bonds. The smallest absolute Gasteiger partial charge is 0.263 e. The van der Waals surface area contributed by atoms with E-state index in [4.69, 9.17) is 5.73 Å². The maximum atomic E-state index is 12.8. The summed E-state index contributed by atoms with van der Waals surface area (Å²) in [6.07, 6.45) is 0.760. The van der Waals surface area contributed by atoms with Crippen LogP contribution in [-0.4, -0.2) is 43.6 Å². The molecule has 6 nitrogen and oxygen atoms in total. The van der Waals surface area contributed by atoms with Gasteiger partial charge in [-0.2, -0.15) is 0 Å². The minimum absolute atomic E-state index is 0.134. The first kappa shape index (κ1) is 20.7. The molecular weight excluding hydrogens is 418 g/mol. The van der Waals surface area contributed by atoms with E-state index in [2.05, 4.69) is 56.9 Å². The molecule has 4 N–H and O–H groups in total. The number of hydrogen-bond donors (Lipinski definition) is 3. The van der Waals surface area contributed by atoms with Crippen LogP contribution in [0.1, 0.15) is 20.9 Å². The van der Waals surface area contributed by atoms with Gasteiger partial charge >= 0.3 is 0 Å². The van der Waals surface area contributed by atoms with E-state index in [0.29, 0.717) is 17.1 Å². The van der Waals surface area contributed by atoms with Crippen molar-refractivity contribution < 1.29 is 4.79 Å². The summed E-state index contributed by atoms with van der Waals surface area (Å²) in [5.74, 6) is -0.134. The van der Waals surface area contributed by atoms with Crippen LogP contribution < -0.4 is 21.3 Å². The largest absolute Gasteiger partial charge is 0.397 e. The third-order valence-electron chi connectivity index (χ3n) is 6.07. The first-order chi connectivity index (χ1) is 15.6. The molecule has 0 bridgehead atoms. The van der Waals surface area contributed by atoms with Gasteiger partial charge in [-0.25, -0.2) is 4.98 Å². The Labute approximate surface area is 191 Å². The van der Waals surface area contributed by atoms with Crippen LogP contribution in [0.25, 0.3) is 21.0 Å². The summed E-state index contributed by atoms with van der Waals surface area (Å²) >= 11 is 1.35. The second kappa shape index (κ2) is 8.76. The molecule has 2 aromatic heterocycles. The predicted octanol–water partition coefficient (Wildman–Crippen LogP) is 3.72. The normalized spacial score (nSPS) is 14.2. The molecule has 0 spiro atoms. The lowest BCUT2D eigenvalue weighted by Gasteiger charge is -2.30. The predicted molar refractivity (Wildman–Crippen MR) is 134 cm³/mol. The van der Waals surface area contributed by atoms with Gasteiger partial charge in [0.2, 0.25) is 0 Å². The summed E-state index contributed by atoms with van der Waals surface area (Å²) in [7, 11) is 0. The molecule has 2 aromatic carbocycles. The highest BCUT2D eigenvalue weighted by Crippen LogP contribution is 2.33. The molecule has 4 aromatic rings. The summed E-state index contributed by atoms with van der Waals surface area (Å²) in [4.78, 5) is 21.1. The number of benzene rings is 2. The molecule has 32 heavy (non-hydrogen) atoms. The molecule has 3 heterocycles. The summed E-state index contributed by atoms with van der Waals surface area (Å²) in [6, 6.07) is 16.8. The van der Waals surface area contributed by atoms with Crippen LogP contribution in [-0.2, 0) is 6.42 Å². The van der Waals surface area contributed by atoms with Crippen molar-refractivity contribution in [3.63, 3.8) is 0 Å². The van der Waals surface area contributed by atoms with Crippen LogP contribution in [0.2, 0.25) is 0 Å². The van der Waals surface area contributed by atoms with Crippen LogP contribution in [0.3, 0.4) is 0 Å². The monoisotopic (exact) mass is 445 g/mol. The average Bonchev–Trinajstić information content (AvgIpc) is 3.15. The second-order valence-electron chi connectivity index (χ2n) is 8.18. The van der Waals surface area contributed by atoms with E-state index in [1.807, 2.05) is 19.1 Å². The topological polar surface area (TPSA) is 83.3 Å². The van der Waals surface area contributed by atoms with Crippen molar-refractivity contribution in [3.05, 3.63) is 64.7 Å². The van der Waals surface area contributed by atoms with Crippen molar-refractivity contribution in [1.29, 1.82) is 0 Å². The summed E-state index contributed by atoms with van der Waals surface area (Å²) < 4.78 is 0. The molecule has 0 atom stereocenters. The fourth-order valence-corrected chi connectivity index (χ4v) is 5.45. The zero-order chi connectivity index (χ0) is 22.1. The Bertz CT molecular complexity index is 1290. The fraction of sp³-hybridized carbons (Fsp3) is 0.280. The molecule has 1 aliphatic rings. The number of carbonyl (C=O) groups excluding carboxylic acids is 1. The van der Waals surface area contributed by atoms with Gasteiger partial charge in [0, 0.05) is 54.9 Å². The highest BCUT2D eigenvalue weighted by atomic mass is 32.1. The van der Waals surface area contributed by atoms with Crippen LogP contribution in [0.15, 0.2) is 48.5 Å². The van der Waals surface area contributed by atoms with Gasteiger partial charge in [-0.1, -0.05) is 30.3 Å². The molecule has 1 fully saturated rings. The van der Waals surface area contributed by atoms with Crippen molar-refractivity contribution in [2.24, 2.45) is 0 Å². The lowest BCUT2D eigenvalue weighted by Crippen LogP contribution is -2.43. The summed E-state index contributed by atoms with van der Waals surface area (Å²) in [6.45, 7) is 6.55. The number of pyridine rings is 1. The second-order valence-corrected chi connectivity index (χ2v) is 9.18. The van der Waals surface area contributed by atoms with E-state index in [1.165, 1.54) is 33.4 Å². The van der Waals surface area contributed by atoms with Crippen LogP contribution in [0, 0.1) is 6.92 Å². The van der Waals surface area contributed by atoms with Crippen molar-refractivity contribution >= 4 is 49.6 Å². The number of amides is 1. The van der Waals surface area contributed by atoms with Crippen molar-refractivity contribution in [2.45, 2.75) is 13.3 Å². The fourth-order valence-electron chi connectivity index (χ4n) is 4.39. The third-order valence-corrected chi connectivity index (χ3v) is 7.18. The Kier molecular flexibility index (Phi) is 5.68. The van der Waals surface area contributed by atoms with Crippen molar-refractivity contribution in [2.75, 3.05) is 43.4 Å². The summed E-state index contributed by atoms with van der Waals surface area (Å²) in [5.41, 5.74) is 10.2. The van der Waals surface area contributed by atoms with Gasteiger partial charge in [0.25, 0.3) is 5.91 Å². The number of nitrogens with one attached hydrogen (secondary N) is 2. The number of anilines is 2. The number of nitrogens with zero attached hydrogens (tertiary/aromatic N) is 2. The number of rotatable bonds is 5. The molecule has 0 radical (unpaired) electrons. The minimum atomic E-state index is -0.134. The Hall–Kier alpha value is -3.16. The number of hydrogen-bond acceptors (Lipinski definition) is 6. The van der Waals surface area contributed by atoms with E-state index in [9.17, 15) is 4.79 Å². The quantitative estimate of drug-likeness (QED) is 0.436. The number of nitrogens with two attached hydrogens (primary N) is 1. The lowest BCUT2D eigenvalue weighted by molar-refractivity contribution is 0.0959. The third kappa shape index (κ3) is 3.89. The Balaban J connectivity index is 1.32. The van der Waals surface area contributed by atoms with Crippen LogP contribution in [0.5, 0.6) is 0 Å². The first-order valence-corrected chi connectivity index (χ1v) is 11.8. The lowest BCUT2D eigenvalue weighted by atomic mass is 9.99. The number of aryl methyl sites for hydroxylation is 1. The molecule has 0 saturated carbocycles. The Morgan fingerprint density at radius 1 is 1.09 bits per heavy atom. The van der Waals surface area contributed by atoms with Crippen molar-refractivity contribution in [3.8, 4) is 0 Å². The van der Waals surface area contributed by atoms with E-state index < -0.39 is 0 Å². The number of thiophene rings is 1. The van der Waals surface area contributed by atoms with Crippen molar-refractivity contribution in [1.82, 2.24) is 15.6 Å². The summed E-state index contributed by atoms with van der Waals surface area (Å²) in [5, 5.41) is 9.84. The molecule has 1 saturated heterocycles. The molecule has 5 rings (SSSR count). The van der Waals surface area contributed by atoms with E-state index in [1.54, 1.807) is 0 Å². The number of piperazine rings is 1. The maximum absolute atomic E-state index is 12.8. The van der Waals surface area contributed by atoms with E-state index in [0.717, 1.165) is 48.5 Å². The zero-order valence-corrected chi connectivity index (χ0v) is 19.0. The first-order valence-electron chi connectivity index (χ1n) is 11.0. The maximum Gasteiger partial charge on any atom is 0.263 e. The molecule has 0 aliphatic carbocycles. The van der Waals surface area contributed by atoms with Gasteiger partial charge in [0.15, 0.2) is 0 Å². The number of aromatic nitrogens is 1. The zero-order valence-electron chi connectivity index (χ0n) is 18.1. The Morgan fingerprint density at radius 2 is 1.88 bits per heavy atom. The standard InChI is InChI=1S/C25H27N5OS/c1-16-6-8-20-22(26)23(32-25(20)29-16)24(31)28-11-10-17-7-9-21(30-14-12-27-13-15-30)19-5-3-2-4-18(17)19/h2-9,27H,10-15,26H2,1H3,(H,28,31). The molecule has 164 valence electrons. The van der Waals surface area contributed by atoms with Gasteiger partial charge in [-0.05, 0) is 42.5 Å². The molecule has 0 unspecified atom stereocenters. The van der Waals surface area contributed by atoms with Gasteiger partial charge in [-0.3, -0.25) is 4.79 Å². The van der Waals surface area contributed by atoms with Crippen LogP contribution >= 0.6 is 11.3 Å². The molecular formula is C25H27N5OS. The SMILES string of the molecule is Cc1ccc2c(N)c(C(=O)NCCc3ccc(N4CCNCC4)c4ccccc34)sc2n1. The van der Waals surface area contributed by atoms with Gasteiger partial charge < -0.3 is 21.3 Å². The number of carbonyl (C=O) groups is 1. The number of fused-ring (bicyclic) bond motifs is 2. The minimum Gasteiger partial charge on any atom is -0.397 e. The van der Waals surface area contributed by atoms with Gasteiger partial charge in [0.05, 0.1) is 5.69 Å². The number of nitrogen functional groups attached to an aromatic ring is 1. The van der Waals surface area contributed by atoms with Crippen LogP contribution in [0.4, 0.5) is 11.4 Å².